The molecule has 11 heteroatoms. The van der Waals surface area contributed by atoms with Crippen LogP contribution in [0, 0.1) is 41.5 Å². The number of likely N-dealkylation sites (tertiary alicyclic amines) is 1. The number of aliphatic imine (C=N–C) groups is 1. The lowest BCUT2D eigenvalue weighted by Crippen LogP contribution is -2.57. The topological polar surface area (TPSA) is 139 Å². The molecule has 2 atom stereocenters. The molecule has 2 N–H and O–H groups in total. The van der Waals surface area contributed by atoms with E-state index in [-0.39, 0.29) is 12.5 Å². The minimum atomic E-state index is -0.770. The second-order valence-electron chi connectivity index (χ2n) is 8.76. The zero-order chi connectivity index (χ0) is 24.8. The fourth-order valence-corrected chi connectivity index (χ4v) is 4.76. The molecule has 1 aromatic carbocycles. The summed E-state index contributed by atoms with van der Waals surface area (Å²) >= 11 is 0. The number of nitrogens with one attached hydrogen (secondary N) is 1. The van der Waals surface area contributed by atoms with Crippen molar-refractivity contribution in [1.29, 1.82) is 10.5 Å². The molecule has 2 fully saturated rings. The molecule has 2 saturated heterocycles. The molecule has 11 nitrogen and oxygen atoms in total. The van der Waals surface area contributed by atoms with Crippen LogP contribution in [0.2, 0.25) is 0 Å². The Labute approximate surface area is 199 Å². The second kappa shape index (κ2) is 10.9. The first kappa shape index (κ1) is 24.8. The third-order valence-corrected chi connectivity index (χ3v) is 6.47. The number of guanidine groups is 1. The molecule has 0 aliphatic carbocycles. The van der Waals surface area contributed by atoms with Crippen LogP contribution < -0.4 is 10.4 Å². The molecule has 0 aromatic heterocycles. The minimum absolute atomic E-state index is 0.104. The second-order valence-corrected chi connectivity index (χ2v) is 8.76. The number of aryl methyl sites for hydroxylation is 1. The Kier molecular flexibility index (Phi) is 7.92. The van der Waals surface area contributed by atoms with Crippen molar-refractivity contribution in [2.24, 2.45) is 16.8 Å². The molecular formula is C23H30N8O3. The van der Waals surface area contributed by atoms with Gasteiger partial charge in [0.05, 0.1) is 23.5 Å². The smallest absolute Gasteiger partial charge is 0.249 e. The van der Waals surface area contributed by atoms with Crippen LogP contribution in [0.5, 0.6) is 0 Å². The molecule has 0 saturated carbocycles. The van der Waals surface area contributed by atoms with Gasteiger partial charge in [-0.3, -0.25) is 14.8 Å². The van der Waals surface area contributed by atoms with Crippen molar-refractivity contribution in [3.63, 3.8) is 0 Å². The van der Waals surface area contributed by atoms with Crippen LogP contribution in [0.25, 0.3) is 0 Å². The zero-order valence-electron chi connectivity index (χ0n) is 19.7. The molecule has 3 rings (SSSR count). The lowest BCUT2D eigenvalue weighted by molar-refractivity contribution is -0.147. The number of hydrogen-bond acceptors (Lipinski definition) is 7. The van der Waals surface area contributed by atoms with Gasteiger partial charge in [-0.15, -0.1) is 4.99 Å². The molecule has 0 bridgehead atoms. The van der Waals surface area contributed by atoms with Gasteiger partial charge in [0.15, 0.2) is 0 Å². The van der Waals surface area contributed by atoms with E-state index in [0.717, 1.165) is 11.3 Å². The molecule has 0 unspecified atom stereocenters. The van der Waals surface area contributed by atoms with Crippen LogP contribution in [0.15, 0.2) is 23.2 Å². The average Bonchev–Trinajstić information content (AvgIpc) is 2.85. The summed E-state index contributed by atoms with van der Waals surface area (Å²) in [4.78, 5) is 37.2. The van der Waals surface area contributed by atoms with Gasteiger partial charge in [-0.2, -0.15) is 10.5 Å². The van der Waals surface area contributed by atoms with E-state index in [9.17, 15) is 14.8 Å². The van der Waals surface area contributed by atoms with Crippen molar-refractivity contribution in [2.45, 2.75) is 13.3 Å². The van der Waals surface area contributed by atoms with Gasteiger partial charge < -0.3 is 19.6 Å². The summed E-state index contributed by atoms with van der Waals surface area (Å²) in [5.74, 6) is -1.65. The molecule has 2 amide bonds. The summed E-state index contributed by atoms with van der Waals surface area (Å²) in [6.45, 7) is 4.94. The first-order valence-corrected chi connectivity index (χ1v) is 11.2. The number of piperazine rings is 1. The van der Waals surface area contributed by atoms with Crippen LogP contribution in [0.4, 0.5) is 5.69 Å². The highest BCUT2D eigenvalue weighted by Gasteiger charge is 2.42. The molecule has 0 spiro atoms. The Morgan fingerprint density at radius 3 is 2.38 bits per heavy atom. The van der Waals surface area contributed by atoms with E-state index in [1.807, 2.05) is 19.1 Å². The molecule has 180 valence electrons. The molecule has 2 heterocycles. The van der Waals surface area contributed by atoms with E-state index in [1.54, 1.807) is 46.5 Å². The van der Waals surface area contributed by atoms with E-state index >= 15 is 0 Å². The highest BCUT2D eigenvalue weighted by atomic mass is 16.5. The number of hydroxylamine groups is 1. The van der Waals surface area contributed by atoms with Crippen LogP contribution >= 0.6 is 0 Å². The van der Waals surface area contributed by atoms with Gasteiger partial charge in [0.25, 0.3) is 0 Å². The largest absolute Gasteiger partial charge is 0.368 e. The van der Waals surface area contributed by atoms with Crippen molar-refractivity contribution in [1.82, 2.24) is 20.2 Å². The van der Waals surface area contributed by atoms with Gasteiger partial charge in [-0.1, -0.05) is 0 Å². The van der Waals surface area contributed by atoms with E-state index in [1.165, 1.54) is 0 Å². The van der Waals surface area contributed by atoms with Crippen molar-refractivity contribution >= 4 is 23.5 Å². The highest BCUT2D eigenvalue weighted by Crippen LogP contribution is 2.28. The number of piperidine rings is 1. The highest BCUT2D eigenvalue weighted by molar-refractivity contribution is 5.89. The lowest BCUT2D eigenvalue weighted by Gasteiger charge is -2.43. The maximum atomic E-state index is 13.4. The molecule has 1 aromatic rings. The van der Waals surface area contributed by atoms with Crippen LogP contribution in [0.1, 0.15) is 17.5 Å². The number of nitrogens with zero attached hydrogens (tertiary/aromatic N) is 7. The van der Waals surface area contributed by atoms with Gasteiger partial charge in [0.2, 0.25) is 24.0 Å². The summed E-state index contributed by atoms with van der Waals surface area (Å²) in [6.07, 6.45) is 2.18. The van der Waals surface area contributed by atoms with Gasteiger partial charge >= 0.3 is 0 Å². The number of benzene rings is 1. The number of hydrogen-bond donors (Lipinski definition) is 2. The number of carbonyl (C=O) groups excluding carboxylic acids is 2. The molecule has 34 heavy (non-hydrogen) atoms. The van der Waals surface area contributed by atoms with Gasteiger partial charge in [0, 0.05) is 59.1 Å². The summed E-state index contributed by atoms with van der Waals surface area (Å²) in [7, 11) is 3.51. The van der Waals surface area contributed by atoms with Crippen molar-refractivity contribution in [3.05, 3.63) is 29.3 Å². The Bertz CT molecular complexity index is 1030. The Balaban J connectivity index is 1.69. The number of nitriles is 2. The predicted octanol–water partition coefficient (Wildman–Crippen LogP) is 0.357. The average molecular weight is 467 g/mol. The third kappa shape index (κ3) is 5.21. The Morgan fingerprint density at radius 1 is 1.12 bits per heavy atom. The van der Waals surface area contributed by atoms with Gasteiger partial charge in [0.1, 0.15) is 0 Å². The first-order chi connectivity index (χ1) is 16.3. The fraction of sp³-hybridized carbons (Fsp3) is 0.522. The van der Waals surface area contributed by atoms with Gasteiger partial charge in [-0.25, -0.2) is 5.48 Å². The SMILES string of the molecule is Cc1cc(C#N)ccc1N1CCN(C(=O)[C@H]2CCN(/C(=N/C#N)N(C)C)C[C@@H]2C(=O)NO)CC1. The Hall–Kier alpha value is -3.83. The number of rotatable bonds is 3. The van der Waals surface area contributed by atoms with E-state index in [0.29, 0.717) is 50.7 Å². The molecular weight excluding hydrogens is 436 g/mol. The summed E-state index contributed by atoms with van der Waals surface area (Å²) in [5, 5.41) is 27.4. The first-order valence-electron chi connectivity index (χ1n) is 11.2. The maximum Gasteiger partial charge on any atom is 0.249 e. The summed E-state index contributed by atoms with van der Waals surface area (Å²) in [6, 6.07) is 7.74. The minimum Gasteiger partial charge on any atom is -0.368 e. The Morgan fingerprint density at radius 2 is 1.82 bits per heavy atom. The predicted molar refractivity (Wildman–Crippen MR) is 125 cm³/mol. The van der Waals surface area contributed by atoms with Crippen LogP contribution in [-0.4, -0.2) is 91.0 Å². The quantitative estimate of drug-likeness (QED) is 0.214. The summed E-state index contributed by atoms with van der Waals surface area (Å²) < 4.78 is 0. The third-order valence-electron chi connectivity index (χ3n) is 6.47. The van der Waals surface area contributed by atoms with E-state index in [4.69, 9.17) is 10.5 Å². The fourth-order valence-electron chi connectivity index (χ4n) is 4.76. The van der Waals surface area contributed by atoms with E-state index < -0.39 is 17.7 Å². The van der Waals surface area contributed by atoms with Crippen LogP contribution in [-0.2, 0) is 9.59 Å². The number of carbonyl (C=O) groups is 2. The number of amides is 2. The molecule has 2 aliphatic rings. The van der Waals surface area contributed by atoms with E-state index in [2.05, 4.69) is 16.0 Å². The lowest BCUT2D eigenvalue weighted by atomic mass is 9.83. The normalized spacial score (nSPS) is 20.9. The van der Waals surface area contributed by atoms with Crippen molar-refractivity contribution < 1.29 is 14.8 Å². The van der Waals surface area contributed by atoms with Crippen molar-refractivity contribution in [3.8, 4) is 12.3 Å². The monoisotopic (exact) mass is 466 g/mol. The maximum absolute atomic E-state index is 13.4. The molecule has 2 aliphatic heterocycles. The molecule has 0 radical (unpaired) electrons. The zero-order valence-corrected chi connectivity index (χ0v) is 19.7. The standard InChI is InChI=1S/C23H30N8O3/c1-16-12-17(13-24)4-5-20(16)29-8-10-30(11-9-29)22(33)18-6-7-31(14-19(18)21(32)27-34)23(26-15-25)28(2)3/h4-5,12,18-19,34H,6-11,14H2,1-3H3,(H,27,32)/b26-23+/t18-,19-/m0/s1. The summed E-state index contributed by atoms with van der Waals surface area (Å²) in [5.41, 5.74) is 4.38. The van der Waals surface area contributed by atoms with Gasteiger partial charge in [-0.05, 0) is 37.1 Å². The number of anilines is 1. The van der Waals surface area contributed by atoms with Crippen LogP contribution in [0.3, 0.4) is 0 Å². The van der Waals surface area contributed by atoms with Crippen molar-refractivity contribution in [2.75, 3.05) is 58.3 Å².